The molecule has 0 saturated carbocycles. The standard InChI is InChI=1S/C19H26O6/c1-12-15(11-23-10-13-6-8-14(22-5)9-7-13)16(20)24-17(12)25-18(21)19(2,3)4/h6-9,12,15,17H,10-11H2,1-5H3/t12-,15+,17-/m0/s1. The van der Waals surface area contributed by atoms with Crippen molar-refractivity contribution in [1.29, 1.82) is 0 Å². The zero-order valence-corrected chi connectivity index (χ0v) is 15.4. The quantitative estimate of drug-likeness (QED) is 0.735. The summed E-state index contributed by atoms with van der Waals surface area (Å²) in [6, 6.07) is 7.52. The molecule has 0 spiro atoms. The lowest BCUT2D eigenvalue weighted by Gasteiger charge is -2.22. The summed E-state index contributed by atoms with van der Waals surface area (Å²) in [5.74, 6) is -0.711. The molecule has 0 radical (unpaired) electrons. The topological polar surface area (TPSA) is 71.1 Å². The van der Waals surface area contributed by atoms with Crippen LogP contribution in [0.1, 0.15) is 33.3 Å². The summed E-state index contributed by atoms with van der Waals surface area (Å²) in [5, 5.41) is 0. The molecule has 0 aromatic heterocycles. The predicted octanol–water partition coefficient (Wildman–Crippen LogP) is 2.94. The molecule has 1 aromatic carbocycles. The van der Waals surface area contributed by atoms with Crippen LogP contribution in [0.5, 0.6) is 5.75 Å². The maximum absolute atomic E-state index is 12.0. The fraction of sp³-hybridized carbons (Fsp3) is 0.579. The molecule has 0 aliphatic carbocycles. The van der Waals surface area contributed by atoms with Crippen LogP contribution < -0.4 is 4.74 Å². The number of methoxy groups -OCH3 is 1. The highest BCUT2D eigenvalue weighted by Gasteiger charge is 2.45. The fourth-order valence-corrected chi connectivity index (χ4v) is 2.37. The minimum atomic E-state index is -0.853. The van der Waals surface area contributed by atoms with Gasteiger partial charge in [0.1, 0.15) is 5.75 Å². The van der Waals surface area contributed by atoms with E-state index in [1.807, 2.05) is 31.2 Å². The van der Waals surface area contributed by atoms with Gasteiger partial charge in [0.15, 0.2) is 0 Å². The van der Waals surface area contributed by atoms with Crippen molar-refractivity contribution in [3.05, 3.63) is 29.8 Å². The smallest absolute Gasteiger partial charge is 0.314 e. The summed E-state index contributed by atoms with van der Waals surface area (Å²) in [6.45, 7) is 7.69. The Morgan fingerprint density at radius 2 is 1.84 bits per heavy atom. The van der Waals surface area contributed by atoms with Crippen LogP contribution in [0.15, 0.2) is 24.3 Å². The fourth-order valence-electron chi connectivity index (χ4n) is 2.37. The molecule has 0 amide bonds. The zero-order valence-electron chi connectivity index (χ0n) is 15.4. The van der Waals surface area contributed by atoms with E-state index >= 15 is 0 Å². The van der Waals surface area contributed by atoms with E-state index in [1.54, 1.807) is 27.9 Å². The minimum absolute atomic E-state index is 0.218. The second-order valence-electron chi connectivity index (χ2n) is 7.29. The highest BCUT2D eigenvalue weighted by Crippen LogP contribution is 2.31. The first-order valence-electron chi connectivity index (χ1n) is 8.34. The van der Waals surface area contributed by atoms with E-state index in [1.165, 1.54) is 0 Å². The minimum Gasteiger partial charge on any atom is -0.497 e. The summed E-state index contributed by atoms with van der Waals surface area (Å²) in [7, 11) is 1.61. The maximum atomic E-state index is 12.0. The molecule has 1 aliphatic heterocycles. The van der Waals surface area contributed by atoms with Crippen LogP contribution in [0, 0.1) is 17.3 Å². The van der Waals surface area contributed by atoms with Gasteiger partial charge in [-0.15, -0.1) is 0 Å². The van der Waals surface area contributed by atoms with Crippen LogP contribution in [0.4, 0.5) is 0 Å². The average molecular weight is 350 g/mol. The van der Waals surface area contributed by atoms with Crippen molar-refractivity contribution in [1.82, 2.24) is 0 Å². The molecule has 1 fully saturated rings. The number of hydrogen-bond acceptors (Lipinski definition) is 6. The van der Waals surface area contributed by atoms with Crippen molar-refractivity contribution in [2.75, 3.05) is 13.7 Å². The number of ether oxygens (including phenoxy) is 4. The lowest BCUT2D eigenvalue weighted by atomic mass is 9.95. The summed E-state index contributed by atoms with van der Waals surface area (Å²) < 4.78 is 21.3. The molecule has 1 aromatic rings. The normalized spacial score (nSPS) is 23.2. The van der Waals surface area contributed by atoms with E-state index in [4.69, 9.17) is 18.9 Å². The lowest BCUT2D eigenvalue weighted by molar-refractivity contribution is -0.188. The number of carbonyl (C=O) groups excluding carboxylic acids is 2. The average Bonchev–Trinajstić information content (AvgIpc) is 2.82. The van der Waals surface area contributed by atoms with Crippen LogP contribution in [-0.4, -0.2) is 31.9 Å². The van der Waals surface area contributed by atoms with Gasteiger partial charge >= 0.3 is 11.9 Å². The number of benzene rings is 1. The molecule has 138 valence electrons. The second kappa shape index (κ2) is 7.87. The Balaban J connectivity index is 1.85. The number of cyclic esters (lactones) is 1. The number of esters is 2. The van der Waals surface area contributed by atoms with Gasteiger partial charge in [-0.25, -0.2) is 0 Å². The summed E-state index contributed by atoms with van der Waals surface area (Å²) in [4.78, 5) is 24.0. The summed E-state index contributed by atoms with van der Waals surface area (Å²) in [5.41, 5.74) is 0.338. The monoisotopic (exact) mass is 350 g/mol. The van der Waals surface area contributed by atoms with Gasteiger partial charge in [0.2, 0.25) is 0 Å². The highest BCUT2D eigenvalue weighted by molar-refractivity contribution is 5.78. The Hall–Kier alpha value is -2.08. The summed E-state index contributed by atoms with van der Waals surface area (Å²) >= 11 is 0. The number of carbonyl (C=O) groups is 2. The molecule has 1 aliphatic rings. The Morgan fingerprint density at radius 1 is 1.20 bits per heavy atom. The van der Waals surface area contributed by atoms with E-state index in [0.717, 1.165) is 11.3 Å². The molecule has 6 nitrogen and oxygen atoms in total. The zero-order chi connectivity index (χ0) is 18.6. The molecule has 3 atom stereocenters. The third-order valence-electron chi connectivity index (χ3n) is 4.16. The van der Waals surface area contributed by atoms with Crippen molar-refractivity contribution in [3.63, 3.8) is 0 Å². The first-order valence-corrected chi connectivity index (χ1v) is 8.34. The van der Waals surface area contributed by atoms with E-state index in [9.17, 15) is 9.59 Å². The SMILES string of the molecule is COc1ccc(COC[C@H]2C(=O)O[C@@H](OC(=O)C(C)(C)C)[C@H]2C)cc1. The Morgan fingerprint density at radius 3 is 2.40 bits per heavy atom. The second-order valence-corrected chi connectivity index (χ2v) is 7.29. The van der Waals surface area contributed by atoms with Gasteiger partial charge in [0, 0.05) is 5.92 Å². The number of hydrogen-bond donors (Lipinski definition) is 0. The first-order chi connectivity index (χ1) is 11.7. The van der Waals surface area contributed by atoms with Gasteiger partial charge in [-0.1, -0.05) is 19.1 Å². The van der Waals surface area contributed by atoms with E-state index in [0.29, 0.717) is 6.61 Å². The lowest BCUT2D eigenvalue weighted by Crippen LogP contribution is -2.31. The van der Waals surface area contributed by atoms with Crippen molar-refractivity contribution < 1.29 is 28.5 Å². The van der Waals surface area contributed by atoms with Gasteiger partial charge in [-0.2, -0.15) is 0 Å². The molecule has 0 unspecified atom stereocenters. The number of rotatable bonds is 6. The molecule has 1 heterocycles. The van der Waals surface area contributed by atoms with Gasteiger partial charge in [-0.3, -0.25) is 9.59 Å². The van der Waals surface area contributed by atoms with Crippen LogP contribution >= 0.6 is 0 Å². The molecular weight excluding hydrogens is 324 g/mol. The van der Waals surface area contributed by atoms with Crippen molar-refractivity contribution >= 4 is 11.9 Å². The van der Waals surface area contributed by atoms with Crippen molar-refractivity contribution in [2.24, 2.45) is 17.3 Å². The highest BCUT2D eigenvalue weighted by atomic mass is 16.7. The molecular formula is C19H26O6. The molecule has 1 saturated heterocycles. The molecule has 2 rings (SSSR count). The first kappa shape index (κ1) is 19.2. The van der Waals surface area contributed by atoms with Crippen molar-refractivity contribution in [2.45, 2.75) is 40.6 Å². The van der Waals surface area contributed by atoms with Gasteiger partial charge < -0.3 is 18.9 Å². The van der Waals surface area contributed by atoms with Crippen LogP contribution in [0.2, 0.25) is 0 Å². The van der Waals surface area contributed by atoms with Gasteiger partial charge in [0.05, 0.1) is 31.7 Å². The molecule has 0 bridgehead atoms. The largest absolute Gasteiger partial charge is 0.497 e. The van der Waals surface area contributed by atoms with Crippen LogP contribution in [0.3, 0.4) is 0 Å². The summed E-state index contributed by atoms with van der Waals surface area (Å²) in [6.07, 6.45) is -0.853. The Kier molecular flexibility index (Phi) is 6.06. The van der Waals surface area contributed by atoms with Crippen LogP contribution in [0.25, 0.3) is 0 Å². The Labute approximate surface area is 148 Å². The maximum Gasteiger partial charge on any atom is 0.314 e. The third-order valence-corrected chi connectivity index (χ3v) is 4.16. The van der Waals surface area contributed by atoms with Crippen molar-refractivity contribution in [3.8, 4) is 5.75 Å². The Bertz CT molecular complexity index is 601. The predicted molar refractivity (Wildman–Crippen MR) is 90.7 cm³/mol. The van der Waals surface area contributed by atoms with E-state index in [-0.39, 0.29) is 12.5 Å². The van der Waals surface area contributed by atoms with Crippen LogP contribution in [-0.2, 0) is 30.4 Å². The molecule has 25 heavy (non-hydrogen) atoms. The van der Waals surface area contributed by atoms with Gasteiger partial charge in [0.25, 0.3) is 6.29 Å². The van der Waals surface area contributed by atoms with E-state index < -0.39 is 29.6 Å². The molecule has 0 N–H and O–H groups in total. The third kappa shape index (κ3) is 4.95. The van der Waals surface area contributed by atoms with Gasteiger partial charge in [-0.05, 0) is 38.5 Å². The molecule has 6 heteroatoms. The van der Waals surface area contributed by atoms with E-state index in [2.05, 4.69) is 0 Å².